The van der Waals surface area contributed by atoms with Crippen molar-refractivity contribution in [3.05, 3.63) is 35.2 Å². The molecule has 0 unspecified atom stereocenters. The molecule has 0 spiro atoms. The number of anilines is 1. The fourth-order valence-corrected chi connectivity index (χ4v) is 2.25. The van der Waals surface area contributed by atoms with Gasteiger partial charge in [-0.2, -0.15) is 13.2 Å². The number of carbonyl (C=O) groups is 1. The number of Topliss-reactive ketones (excluding diaryl/α,β-unsaturated/α-hetero) is 1. The van der Waals surface area contributed by atoms with Crippen LogP contribution in [0, 0.1) is 5.92 Å². The maximum Gasteiger partial charge on any atom is 0.416 e. The average Bonchev–Trinajstić information content (AvgIpc) is 2.31. The third kappa shape index (κ3) is 2.91. The molecule has 0 aliphatic carbocycles. The number of rotatable bonds is 2. The Balaban J connectivity index is 2.41. The molecule has 1 aromatic carbocycles. The molecule has 0 bridgehead atoms. The number of hydrogen-bond donors (Lipinski definition) is 0. The van der Waals surface area contributed by atoms with Crippen LogP contribution in [-0.4, -0.2) is 18.9 Å². The third-order valence-electron chi connectivity index (χ3n) is 3.08. The van der Waals surface area contributed by atoms with Gasteiger partial charge in [0, 0.05) is 30.8 Å². The van der Waals surface area contributed by atoms with Crippen LogP contribution in [0.3, 0.4) is 0 Å². The number of alkyl halides is 3. The van der Waals surface area contributed by atoms with Crippen molar-refractivity contribution >= 4 is 11.5 Å². The molecule has 1 radical (unpaired) electrons. The first-order chi connectivity index (χ1) is 8.79. The summed E-state index contributed by atoms with van der Waals surface area (Å²) in [5, 5.41) is 0. The minimum atomic E-state index is -4.41. The Kier molecular flexibility index (Phi) is 3.56. The molecule has 5 heteroatoms. The molecular weight excluding hydrogens is 255 g/mol. The largest absolute Gasteiger partial charge is 0.416 e. The number of hydrogen-bond acceptors (Lipinski definition) is 2. The van der Waals surface area contributed by atoms with Crippen molar-refractivity contribution < 1.29 is 18.0 Å². The van der Waals surface area contributed by atoms with Gasteiger partial charge in [0.05, 0.1) is 5.56 Å². The van der Waals surface area contributed by atoms with Crippen LogP contribution >= 0.6 is 0 Å². The van der Waals surface area contributed by atoms with E-state index >= 15 is 0 Å². The SMILES string of the molecule is C[C](C)CN1CCC(=O)c2cc(C(F)(F)F)ccc21. The fraction of sp³-hybridized carbons (Fsp3) is 0.429. The van der Waals surface area contributed by atoms with E-state index in [-0.39, 0.29) is 17.8 Å². The van der Waals surface area contributed by atoms with Crippen molar-refractivity contribution in [2.75, 3.05) is 18.0 Å². The van der Waals surface area contributed by atoms with E-state index in [4.69, 9.17) is 0 Å². The summed E-state index contributed by atoms with van der Waals surface area (Å²) in [5.41, 5.74) is 0.0198. The summed E-state index contributed by atoms with van der Waals surface area (Å²) in [6.07, 6.45) is -4.15. The molecule has 0 aromatic heterocycles. The highest BCUT2D eigenvalue weighted by Crippen LogP contribution is 2.35. The van der Waals surface area contributed by atoms with E-state index in [2.05, 4.69) is 0 Å². The first-order valence-corrected chi connectivity index (χ1v) is 6.07. The lowest BCUT2D eigenvalue weighted by atomic mass is 9.97. The van der Waals surface area contributed by atoms with Gasteiger partial charge in [-0.05, 0) is 24.1 Å². The molecule has 1 aliphatic rings. The second-order valence-electron chi connectivity index (χ2n) is 5.03. The molecule has 1 aliphatic heterocycles. The molecule has 2 rings (SSSR count). The van der Waals surface area contributed by atoms with Gasteiger partial charge in [0.25, 0.3) is 0 Å². The zero-order chi connectivity index (χ0) is 14.2. The highest BCUT2D eigenvalue weighted by atomic mass is 19.4. The molecule has 2 nitrogen and oxygen atoms in total. The van der Waals surface area contributed by atoms with E-state index in [9.17, 15) is 18.0 Å². The molecule has 103 valence electrons. The molecule has 0 saturated carbocycles. The van der Waals surface area contributed by atoms with Gasteiger partial charge in [0.1, 0.15) is 0 Å². The van der Waals surface area contributed by atoms with E-state index in [1.807, 2.05) is 18.7 Å². The highest BCUT2D eigenvalue weighted by Gasteiger charge is 2.33. The van der Waals surface area contributed by atoms with Gasteiger partial charge >= 0.3 is 6.18 Å². The summed E-state index contributed by atoms with van der Waals surface area (Å²) in [4.78, 5) is 13.7. The minimum Gasteiger partial charge on any atom is -0.370 e. The summed E-state index contributed by atoms with van der Waals surface area (Å²) >= 11 is 0. The predicted octanol–water partition coefficient (Wildman–Crippen LogP) is 3.71. The van der Waals surface area contributed by atoms with Gasteiger partial charge in [0.2, 0.25) is 0 Å². The summed E-state index contributed by atoms with van der Waals surface area (Å²) in [6, 6.07) is 3.41. The molecule has 1 heterocycles. The van der Waals surface area contributed by atoms with Gasteiger partial charge in [-0.3, -0.25) is 4.79 Å². The number of halogens is 3. The minimum absolute atomic E-state index is 0.183. The van der Waals surface area contributed by atoms with Crippen LogP contribution < -0.4 is 4.90 Å². The first kappa shape index (κ1) is 13.9. The predicted molar refractivity (Wildman–Crippen MR) is 67.2 cm³/mol. The van der Waals surface area contributed by atoms with Crippen LogP contribution in [0.15, 0.2) is 18.2 Å². The molecule has 0 atom stereocenters. The summed E-state index contributed by atoms with van der Waals surface area (Å²) in [7, 11) is 0. The van der Waals surface area contributed by atoms with E-state index in [0.29, 0.717) is 18.8 Å². The van der Waals surface area contributed by atoms with Gasteiger partial charge in [-0.25, -0.2) is 0 Å². The summed E-state index contributed by atoms with van der Waals surface area (Å²) in [6.45, 7) is 5.13. The monoisotopic (exact) mass is 270 g/mol. The number of ketones is 1. The number of nitrogens with zero attached hydrogens (tertiary/aromatic N) is 1. The normalized spacial score (nSPS) is 15.9. The van der Waals surface area contributed by atoms with Gasteiger partial charge in [-0.15, -0.1) is 0 Å². The molecule has 0 N–H and O–H groups in total. The van der Waals surface area contributed by atoms with E-state index in [1.165, 1.54) is 6.07 Å². The van der Waals surface area contributed by atoms with Crippen molar-refractivity contribution in [2.24, 2.45) is 0 Å². The van der Waals surface area contributed by atoms with Crippen molar-refractivity contribution in [3.8, 4) is 0 Å². The molecule has 0 fully saturated rings. The zero-order valence-electron chi connectivity index (χ0n) is 10.8. The molecular formula is C14H15F3NO. The standard InChI is InChI=1S/C14H15F3NO/c1-9(2)8-18-6-5-13(19)11-7-10(14(15,16)17)3-4-12(11)18/h3-4,7H,5-6,8H2,1-2H3. The molecule has 0 saturated heterocycles. The van der Waals surface area contributed by atoms with Crippen molar-refractivity contribution in [1.29, 1.82) is 0 Å². The summed E-state index contributed by atoms with van der Waals surface area (Å²) in [5.74, 6) is 0.936. The first-order valence-electron chi connectivity index (χ1n) is 6.07. The van der Waals surface area contributed by atoms with Gasteiger partial charge in [0.15, 0.2) is 5.78 Å². The van der Waals surface area contributed by atoms with Gasteiger partial charge in [-0.1, -0.05) is 13.8 Å². The Hall–Kier alpha value is -1.52. The lowest BCUT2D eigenvalue weighted by Crippen LogP contribution is -2.34. The Morgan fingerprint density at radius 1 is 1.32 bits per heavy atom. The lowest BCUT2D eigenvalue weighted by molar-refractivity contribution is -0.137. The van der Waals surface area contributed by atoms with Gasteiger partial charge < -0.3 is 4.90 Å². The maximum absolute atomic E-state index is 12.7. The van der Waals surface area contributed by atoms with Crippen LogP contribution in [0.1, 0.15) is 36.2 Å². The second-order valence-corrected chi connectivity index (χ2v) is 5.03. The topological polar surface area (TPSA) is 20.3 Å². The lowest BCUT2D eigenvalue weighted by Gasteiger charge is -2.32. The second kappa shape index (κ2) is 4.87. The van der Waals surface area contributed by atoms with Crippen molar-refractivity contribution in [1.82, 2.24) is 0 Å². The van der Waals surface area contributed by atoms with E-state index in [0.717, 1.165) is 18.1 Å². The summed E-state index contributed by atoms with van der Waals surface area (Å²) < 4.78 is 38.0. The quantitative estimate of drug-likeness (QED) is 0.816. The van der Waals surface area contributed by atoms with Crippen LogP contribution in [-0.2, 0) is 6.18 Å². The van der Waals surface area contributed by atoms with Crippen LogP contribution in [0.5, 0.6) is 0 Å². The maximum atomic E-state index is 12.7. The number of carbonyl (C=O) groups excluding carboxylic acids is 1. The third-order valence-corrected chi connectivity index (χ3v) is 3.08. The molecule has 0 amide bonds. The Bertz CT molecular complexity index is 494. The molecule has 1 aromatic rings. The Morgan fingerprint density at radius 3 is 2.58 bits per heavy atom. The van der Waals surface area contributed by atoms with Crippen molar-refractivity contribution in [3.63, 3.8) is 0 Å². The number of benzene rings is 1. The number of fused-ring (bicyclic) bond motifs is 1. The van der Waals surface area contributed by atoms with Crippen LogP contribution in [0.2, 0.25) is 0 Å². The average molecular weight is 270 g/mol. The fourth-order valence-electron chi connectivity index (χ4n) is 2.25. The highest BCUT2D eigenvalue weighted by molar-refractivity contribution is 6.03. The smallest absolute Gasteiger partial charge is 0.370 e. The molecule has 19 heavy (non-hydrogen) atoms. The Morgan fingerprint density at radius 2 is 2.00 bits per heavy atom. The Labute approximate surface area is 110 Å². The van der Waals surface area contributed by atoms with Crippen LogP contribution in [0.25, 0.3) is 0 Å². The van der Waals surface area contributed by atoms with E-state index < -0.39 is 11.7 Å². The zero-order valence-corrected chi connectivity index (χ0v) is 10.8. The van der Waals surface area contributed by atoms with Crippen LogP contribution in [0.4, 0.5) is 18.9 Å². The van der Waals surface area contributed by atoms with E-state index in [1.54, 1.807) is 0 Å². The van der Waals surface area contributed by atoms with Crippen molar-refractivity contribution in [2.45, 2.75) is 26.4 Å².